The summed E-state index contributed by atoms with van der Waals surface area (Å²) in [5.74, 6) is -0.605. The number of primary amides is 1. The summed E-state index contributed by atoms with van der Waals surface area (Å²) in [5, 5.41) is 0. The molecule has 2 amide bonds. The number of carbonyl (C=O) groups excluding carboxylic acids is 2. The van der Waals surface area contributed by atoms with Gasteiger partial charge in [-0.15, -0.1) is 0 Å². The molecule has 88 valence electrons. The average molecular weight is 215 g/mol. The lowest BCUT2D eigenvalue weighted by Gasteiger charge is -2.25. The van der Waals surface area contributed by atoms with Crippen LogP contribution in [-0.4, -0.2) is 35.8 Å². The van der Waals surface area contributed by atoms with Gasteiger partial charge in [-0.05, 0) is 12.8 Å². The first-order valence-corrected chi connectivity index (χ1v) is 5.26. The molecule has 2 atom stereocenters. The molecule has 1 unspecified atom stereocenters. The van der Waals surface area contributed by atoms with E-state index in [0.29, 0.717) is 6.54 Å². The van der Waals surface area contributed by atoms with Crippen LogP contribution in [0.15, 0.2) is 0 Å². The largest absolute Gasteiger partial charge is 0.368 e. The molecule has 5 heteroatoms. The van der Waals surface area contributed by atoms with Gasteiger partial charge < -0.3 is 16.4 Å². The number of carbonyl (C=O) groups is 2. The summed E-state index contributed by atoms with van der Waals surface area (Å²) in [5.41, 5.74) is 10.8. The van der Waals surface area contributed by atoms with E-state index in [1.54, 1.807) is 6.92 Å². The number of nitrogens with two attached hydrogens (primary N) is 2. The fraction of sp³-hybridized carbons (Fsp3) is 0.800. The summed E-state index contributed by atoms with van der Waals surface area (Å²) >= 11 is 0. The van der Waals surface area contributed by atoms with Gasteiger partial charge in [0.15, 0.2) is 0 Å². The number of nitrogens with zero attached hydrogens (tertiary/aromatic N) is 1. The van der Waals surface area contributed by atoms with E-state index in [1.165, 1.54) is 4.90 Å². The van der Waals surface area contributed by atoms with E-state index in [0.717, 1.165) is 6.42 Å². The highest BCUT2D eigenvalue weighted by atomic mass is 16.2. The molecule has 0 saturated heterocycles. The van der Waals surface area contributed by atoms with Crippen LogP contribution in [0.25, 0.3) is 0 Å². The second kappa shape index (κ2) is 6.40. The molecule has 0 saturated carbocycles. The monoisotopic (exact) mass is 215 g/mol. The first-order valence-electron chi connectivity index (χ1n) is 5.26. The van der Waals surface area contributed by atoms with Crippen molar-refractivity contribution in [2.24, 2.45) is 17.4 Å². The number of hydrogen-bond donors (Lipinski definition) is 2. The van der Waals surface area contributed by atoms with Gasteiger partial charge >= 0.3 is 0 Å². The van der Waals surface area contributed by atoms with Gasteiger partial charge in [0.1, 0.15) is 0 Å². The van der Waals surface area contributed by atoms with Crippen LogP contribution in [-0.2, 0) is 9.59 Å². The van der Waals surface area contributed by atoms with Crippen molar-refractivity contribution in [1.29, 1.82) is 0 Å². The molecular formula is C10H21N3O2. The minimum absolute atomic E-state index is 0.0561. The zero-order chi connectivity index (χ0) is 12.0. The van der Waals surface area contributed by atoms with Gasteiger partial charge in [-0.25, -0.2) is 0 Å². The van der Waals surface area contributed by atoms with Crippen LogP contribution in [0.3, 0.4) is 0 Å². The summed E-state index contributed by atoms with van der Waals surface area (Å²) in [6, 6.07) is -0.547. The average Bonchev–Trinajstić information content (AvgIpc) is 2.22. The molecule has 0 aromatic carbocycles. The van der Waals surface area contributed by atoms with Crippen LogP contribution in [0.5, 0.6) is 0 Å². The zero-order valence-electron chi connectivity index (χ0n) is 9.69. The molecule has 0 rings (SSSR count). The molecule has 0 bridgehead atoms. The normalized spacial score (nSPS) is 14.4. The Morgan fingerprint density at radius 2 is 1.87 bits per heavy atom. The van der Waals surface area contributed by atoms with Crippen LogP contribution in [0.4, 0.5) is 0 Å². The molecule has 0 radical (unpaired) electrons. The maximum absolute atomic E-state index is 11.8. The lowest BCUT2D eigenvalue weighted by molar-refractivity contribution is -0.137. The number of rotatable bonds is 6. The van der Waals surface area contributed by atoms with Gasteiger partial charge in [-0.2, -0.15) is 0 Å². The number of hydrogen-bond acceptors (Lipinski definition) is 3. The van der Waals surface area contributed by atoms with Crippen LogP contribution in [0, 0.1) is 5.92 Å². The third-order valence-electron chi connectivity index (χ3n) is 2.58. The van der Waals surface area contributed by atoms with E-state index in [2.05, 4.69) is 0 Å². The standard InChI is InChI=1S/C10H21N3O2/c1-4-7(3)9(12)10(15)13(5-2)6-8(11)14/h7,9H,4-6,12H2,1-3H3,(H2,11,14)/t7?,9-/m0/s1. The highest BCUT2D eigenvalue weighted by Gasteiger charge is 2.24. The summed E-state index contributed by atoms with van der Waals surface area (Å²) in [6.45, 7) is 6.08. The first-order chi connectivity index (χ1) is 6.93. The van der Waals surface area contributed by atoms with Crippen LogP contribution in [0.1, 0.15) is 27.2 Å². The van der Waals surface area contributed by atoms with Crippen molar-refractivity contribution in [1.82, 2.24) is 4.90 Å². The van der Waals surface area contributed by atoms with Crippen LogP contribution in [0.2, 0.25) is 0 Å². The maximum Gasteiger partial charge on any atom is 0.240 e. The van der Waals surface area contributed by atoms with Crippen molar-refractivity contribution in [2.45, 2.75) is 33.2 Å². The Balaban J connectivity index is 4.43. The minimum Gasteiger partial charge on any atom is -0.368 e. The van der Waals surface area contributed by atoms with Crippen LogP contribution >= 0.6 is 0 Å². The van der Waals surface area contributed by atoms with E-state index >= 15 is 0 Å². The van der Waals surface area contributed by atoms with E-state index in [1.807, 2.05) is 13.8 Å². The molecule has 0 aliphatic rings. The second-order valence-corrected chi connectivity index (χ2v) is 3.73. The Kier molecular flexibility index (Phi) is 5.93. The summed E-state index contributed by atoms with van der Waals surface area (Å²) in [4.78, 5) is 23.9. The molecule has 0 heterocycles. The van der Waals surface area contributed by atoms with Crippen molar-refractivity contribution in [2.75, 3.05) is 13.1 Å². The van der Waals surface area contributed by atoms with Gasteiger partial charge in [-0.1, -0.05) is 20.3 Å². The maximum atomic E-state index is 11.8. The highest BCUT2D eigenvalue weighted by Crippen LogP contribution is 2.08. The third kappa shape index (κ3) is 4.29. The molecule has 0 fully saturated rings. The number of likely N-dealkylation sites (N-methyl/N-ethyl adjacent to an activating group) is 1. The van der Waals surface area contributed by atoms with Gasteiger partial charge in [0.2, 0.25) is 11.8 Å². The van der Waals surface area contributed by atoms with E-state index in [9.17, 15) is 9.59 Å². The lowest BCUT2D eigenvalue weighted by Crippen LogP contribution is -2.49. The molecule has 4 N–H and O–H groups in total. The van der Waals surface area contributed by atoms with E-state index in [4.69, 9.17) is 11.5 Å². The molecule has 0 spiro atoms. The van der Waals surface area contributed by atoms with Crippen molar-refractivity contribution in [3.63, 3.8) is 0 Å². The van der Waals surface area contributed by atoms with Gasteiger partial charge in [0, 0.05) is 6.54 Å². The van der Waals surface area contributed by atoms with Gasteiger partial charge in [0.25, 0.3) is 0 Å². The first kappa shape index (κ1) is 13.9. The number of amides is 2. The quantitative estimate of drug-likeness (QED) is 0.637. The second-order valence-electron chi connectivity index (χ2n) is 3.73. The molecule has 0 aromatic rings. The smallest absolute Gasteiger partial charge is 0.240 e. The molecule has 5 nitrogen and oxygen atoms in total. The zero-order valence-corrected chi connectivity index (χ0v) is 9.69. The Morgan fingerprint density at radius 1 is 1.33 bits per heavy atom. The predicted molar refractivity (Wildman–Crippen MR) is 58.9 cm³/mol. The Labute approximate surface area is 90.8 Å². The molecule has 0 aliphatic heterocycles. The highest BCUT2D eigenvalue weighted by molar-refractivity contribution is 5.86. The van der Waals surface area contributed by atoms with Crippen LogP contribution < -0.4 is 11.5 Å². The minimum atomic E-state index is -0.547. The molecule has 0 aliphatic carbocycles. The van der Waals surface area contributed by atoms with Crippen molar-refractivity contribution < 1.29 is 9.59 Å². The van der Waals surface area contributed by atoms with E-state index in [-0.39, 0.29) is 18.4 Å². The van der Waals surface area contributed by atoms with Crippen molar-refractivity contribution in [3.8, 4) is 0 Å². The Bertz CT molecular complexity index is 231. The summed E-state index contributed by atoms with van der Waals surface area (Å²) in [7, 11) is 0. The van der Waals surface area contributed by atoms with Gasteiger partial charge in [-0.3, -0.25) is 9.59 Å². The van der Waals surface area contributed by atoms with Crippen molar-refractivity contribution in [3.05, 3.63) is 0 Å². The van der Waals surface area contributed by atoms with E-state index < -0.39 is 11.9 Å². The topological polar surface area (TPSA) is 89.4 Å². The fourth-order valence-corrected chi connectivity index (χ4v) is 1.24. The Hall–Kier alpha value is -1.10. The van der Waals surface area contributed by atoms with Crippen molar-refractivity contribution >= 4 is 11.8 Å². The predicted octanol–water partition coefficient (Wildman–Crippen LogP) is -0.306. The van der Waals surface area contributed by atoms with Gasteiger partial charge in [0.05, 0.1) is 12.6 Å². The lowest BCUT2D eigenvalue weighted by atomic mass is 9.99. The molecule has 15 heavy (non-hydrogen) atoms. The summed E-state index contributed by atoms with van der Waals surface area (Å²) < 4.78 is 0. The Morgan fingerprint density at radius 3 is 2.20 bits per heavy atom. The fourth-order valence-electron chi connectivity index (χ4n) is 1.24. The third-order valence-corrected chi connectivity index (χ3v) is 2.58. The molecular weight excluding hydrogens is 194 g/mol. The SMILES string of the molecule is CCC(C)[C@H](N)C(=O)N(CC)CC(N)=O. The molecule has 0 aromatic heterocycles. The summed E-state index contributed by atoms with van der Waals surface area (Å²) in [6.07, 6.45) is 0.834.